The lowest BCUT2D eigenvalue weighted by Crippen LogP contribution is -2.46. The Morgan fingerprint density at radius 3 is 2.81 bits per heavy atom. The van der Waals surface area contributed by atoms with Gasteiger partial charge in [-0.3, -0.25) is 4.90 Å². The first-order valence-corrected chi connectivity index (χ1v) is 7.66. The number of nitrogens with one attached hydrogen (secondary N) is 1. The van der Waals surface area contributed by atoms with Crippen LogP contribution < -0.4 is 5.32 Å². The van der Waals surface area contributed by atoms with Gasteiger partial charge in [-0.05, 0) is 32.0 Å². The van der Waals surface area contributed by atoms with Crippen LogP contribution in [0.3, 0.4) is 0 Å². The van der Waals surface area contributed by atoms with Crippen molar-refractivity contribution in [3.63, 3.8) is 0 Å². The summed E-state index contributed by atoms with van der Waals surface area (Å²) in [5.74, 6) is 1.13. The zero-order valence-electron chi connectivity index (χ0n) is 12.9. The number of hydrogen-bond acceptors (Lipinski definition) is 3. The van der Waals surface area contributed by atoms with Crippen molar-refractivity contribution in [1.82, 2.24) is 19.8 Å². The first-order chi connectivity index (χ1) is 10.2. The molecule has 1 aliphatic rings. The van der Waals surface area contributed by atoms with Crippen LogP contribution in [0.15, 0.2) is 42.7 Å². The highest BCUT2D eigenvalue weighted by atomic mass is 15.2. The van der Waals surface area contributed by atoms with Crippen molar-refractivity contribution in [2.24, 2.45) is 7.05 Å². The molecule has 0 amide bonds. The largest absolute Gasteiger partial charge is 0.337 e. The van der Waals surface area contributed by atoms with Crippen molar-refractivity contribution in [3.8, 4) is 0 Å². The van der Waals surface area contributed by atoms with E-state index >= 15 is 0 Å². The van der Waals surface area contributed by atoms with Crippen LogP contribution in [-0.4, -0.2) is 34.1 Å². The molecule has 0 radical (unpaired) electrons. The van der Waals surface area contributed by atoms with E-state index in [0.29, 0.717) is 0 Å². The zero-order chi connectivity index (χ0) is 14.7. The topological polar surface area (TPSA) is 33.1 Å². The molecule has 1 fully saturated rings. The second kappa shape index (κ2) is 6.00. The predicted molar refractivity (Wildman–Crippen MR) is 84.9 cm³/mol. The van der Waals surface area contributed by atoms with Gasteiger partial charge in [-0.15, -0.1) is 0 Å². The normalized spacial score (nSPS) is 23.9. The molecule has 21 heavy (non-hydrogen) atoms. The van der Waals surface area contributed by atoms with Crippen LogP contribution in [-0.2, 0) is 19.1 Å². The maximum Gasteiger partial charge on any atom is 0.122 e. The van der Waals surface area contributed by atoms with Gasteiger partial charge in [0.1, 0.15) is 5.82 Å². The molecule has 3 rings (SSSR count). The third-order valence-corrected chi connectivity index (χ3v) is 4.40. The minimum absolute atomic E-state index is 0.00290. The molecule has 0 bridgehead atoms. The van der Waals surface area contributed by atoms with Gasteiger partial charge in [0.15, 0.2) is 0 Å². The van der Waals surface area contributed by atoms with Crippen LogP contribution in [0.2, 0.25) is 0 Å². The molecule has 1 saturated heterocycles. The molecule has 112 valence electrons. The van der Waals surface area contributed by atoms with E-state index in [2.05, 4.69) is 64.1 Å². The fraction of sp³-hybridized carbons (Fsp3) is 0.471. The predicted octanol–water partition coefficient (Wildman–Crippen LogP) is 2.13. The number of rotatable bonds is 3. The molecule has 0 spiro atoms. The smallest absolute Gasteiger partial charge is 0.122 e. The highest BCUT2D eigenvalue weighted by Gasteiger charge is 2.30. The summed E-state index contributed by atoms with van der Waals surface area (Å²) in [6, 6.07) is 10.8. The van der Waals surface area contributed by atoms with Gasteiger partial charge < -0.3 is 9.88 Å². The van der Waals surface area contributed by atoms with Crippen LogP contribution in [0.1, 0.15) is 24.7 Å². The summed E-state index contributed by atoms with van der Waals surface area (Å²) < 4.78 is 2.11. The lowest BCUT2D eigenvalue weighted by Gasteiger charge is -2.34. The maximum absolute atomic E-state index is 4.46. The summed E-state index contributed by atoms with van der Waals surface area (Å²) in [6.45, 7) is 6.39. The molecule has 1 atom stereocenters. The van der Waals surface area contributed by atoms with Crippen LogP contribution >= 0.6 is 0 Å². The Bertz CT molecular complexity index is 577. The van der Waals surface area contributed by atoms with E-state index in [1.807, 2.05) is 12.4 Å². The van der Waals surface area contributed by atoms with Crippen molar-refractivity contribution in [2.75, 3.05) is 19.6 Å². The SMILES string of the molecule is Cn1ccnc1CN1CCCNC(C)(c2ccccc2)C1. The minimum Gasteiger partial charge on any atom is -0.337 e. The van der Waals surface area contributed by atoms with Crippen molar-refractivity contribution < 1.29 is 0 Å². The third-order valence-electron chi connectivity index (χ3n) is 4.40. The molecule has 2 aromatic rings. The van der Waals surface area contributed by atoms with Crippen LogP contribution in [0, 0.1) is 0 Å². The van der Waals surface area contributed by atoms with Gasteiger partial charge in [0.25, 0.3) is 0 Å². The van der Waals surface area contributed by atoms with Gasteiger partial charge in [0.2, 0.25) is 0 Å². The summed E-state index contributed by atoms with van der Waals surface area (Å²) in [4.78, 5) is 6.97. The van der Waals surface area contributed by atoms with Gasteiger partial charge in [-0.25, -0.2) is 4.98 Å². The quantitative estimate of drug-likeness (QED) is 0.937. The summed E-state index contributed by atoms with van der Waals surface area (Å²) in [7, 11) is 2.06. The van der Waals surface area contributed by atoms with Crippen LogP contribution in [0.5, 0.6) is 0 Å². The molecule has 1 aromatic heterocycles. The van der Waals surface area contributed by atoms with E-state index in [9.17, 15) is 0 Å². The summed E-state index contributed by atoms with van der Waals surface area (Å²) in [5.41, 5.74) is 1.36. The Labute approximate surface area is 126 Å². The number of benzene rings is 1. The van der Waals surface area contributed by atoms with Crippen molar-refractivity contribution >= 4 is 0 Å². The minimum atomic E-state index is 0.00290. The molecule has 4 heteroatoms. The van der Waals surface area contributed by atoms with E-state index in [1.165, 1.54) is 12.0 Å². The first-order valence-electron chi connectivity index (χ1n) is 7.66. The molecule has 1 unspecified atom stereocenters. The molecule has 4 nitrogen and oxygen atoms in total. The standard InChI is InChI=1S/C17H24N4/c1-17(15-7-4-3-5-8-15)14-21(11-6-9-19-17)13-16-18-10-12-20(16)2/h3-5,7-8,10,12,19H,6,9,11,13-14H2,1-2H3. The van der Waals surface area contributed by atoms with Crippen molar-refractivity contribution in [2.45, 2.75) is 25.4 Å². The average Bonchev–Trinajstić information content (AvgIpc) is 2.79. The summed E-state index contributed by atoms with van der Waals surface area (Å²) in [6.07, 6.45) is 5.07. The van der Waals surface area contributed by atoms with E-state index in [4.69, 9.17) is 0 Å². The lowest BCUT2D eigenvalue weighted by atomic mass is 9.91. The van der Waals surface area contributed by atoms with E-state index in [1.54, 1.807) is 0 Å². The van der Waals surface area contributed by atoms with E-state index in [-0.39, 0.29) is 5.54 Å². The van der Waals surface area contributed by atoms with Gasteiger partial charge in [-0.1, -0.05) is 30.3 Å². The summed E-state index contributed by atoms with van der Waals surface area (Å²) in [5, 5.41) is 3.73. The molecule has 1 aliphatic heterocycles. The van der Waals surface area contributed by atoms with E-state index < -0.39 is 0 Å². The van der Waals surface area contributed by atoms with Gasteiger partial charge in [0, 0.05) is 26.0 Å². The number of hydrogen-bond donors (Lipinski definition) is 1. The average molecular weight is 284 g/mol. The molecule has 2 heterocycles. The Morgan fingerprint density at radius 1 is 1.29 bits per heavy atom. The maximum atomic E-state index is 4.46. The lowest BCUT2D eigenvalue weighted by molar-refractivity contribution is 0.207. The van der Waals surface area contributed by atoms with E-state index in [0.717, 1.165) is 32.0 Å². The first kappa shape index (κ1) is 14.3. The van der Waals surface area contributed by atoms with Gasteiger partial charge in [-0.2, -0.15) is 0 Å². The third kappa shape index (κ3) is 3.17. The highest BCUT2D eigenvalue weighted by Crippen LogP contribution is 2.24. The molecule has 0 aliphatic carbocycles. The highest BCUT2D eigenvalue weighted by molar-refractivity contribution is 5.24. The number of nitrogens with zero attached hydrogens (tertiary/aromatic N) is 3. The van der Waals surface area contributed by atoms with Crippen LogP contribution in [0.25, 0.3) is 0 Å². The van der Waals surface area contributed by atoms with Gasteiger partial charge >= 0.3 is 0 Å². The number of imidazole rings is 1. The Hall–Kier alpha value is -1.65. The molecule has 1 N–H and O–H groups in total. The Kier molecular flexibility index (Phi) is 4.08. The fourth-order valence-electron chi connectivity index (χ4n) is 3.13. The Balaban J connectivity index is 1.79. The molecular weight excluding hydrogens is 260 g/mol. The molecule has 1 aromatic carbocycles. The Morgan fingerprint density at radius 2 is 2.10 bits per heavy atom. The van der Waals surface area contributed by atoms with Crippen LogP contribution in [0.4, 0.5) is 0 Å². The molecule has 0 saturated carbocycles. The monoisotopic (exact) mass is 284 g/mol. The zero-order valence-corrected chi connectivity index (χ0v) is 12.9. The second-order valence-corrected chi connectivity index (χ2v) is 6.14. The molecular formula is C17H24N4. The van der Waals surface area contributed by atoms with Crippen molar-refractivity contribution in [3.05, 3.63) is 54.1 Å². The fourth-order valence-corrected chi connectivity index (χ4v) is 3.13. The number of aryl methyl sites for hydroxylation is 1. The van der Waals surface area contributed by atoms with Gasteiger partial charge in [0.05, 0.1) is 12.1 Å². The van der Waals surface area contributed by atoms with Crippen molar-refractivity contribution in [1.29, 1.82) is 0 Å². The number of aromatic nitrogens is 2. The summed E-state index contributed by atoms with van der Waals surface area (Å²) >= 11 is 0. The second-order valence-electron chi connectivity index (χ2n) is 6.14.